The summed E-state index contributed by atoms with van der Waals surface area (Å²) in [6.45, 7) is 8.09. The molecule has 0 bridgehead atoms. The monoisotopic (exact) mass is 406 g/mol. The van der Waals surface area contributed by atoms with Gasteiger partial charge in [0.15, 0.2) is 0 Å². The molecule has 1 atom stereocenters. The van der Waals surface area contributed by atoms with Crippen molar-refractivity contribution in [1.29, 1.82) is 0 Å². The van der Waals surface area contributed by atoms with Gasteiger partial charge in [-0.2, -0.15) is 0 Å². The lowest BCUT2D eigenvalue weighted by atomic mass is 10.2. The van der Waals surface area contributed by atoms with Crippen molar-refractivity contribution in [2.75, 3.05) is 18.4 Å². The third-order valence-corrected chi connectivity index (χ3v) is 4.03. The van der Waals surface area contributed by atoms with Crippen LogP contribution in [0.1, 0.15) is 34.1 Å². The van der Waals surface area contributed by atoms with Gasteiger partial charge in [-0.15, -0.1) is 0 Å². The summed E-state index contributed by atoms with van der Waals surface area (Å²) in [6, 6.07) is 6.81. The second-order valence-corrected chi connectivity index (χ2v) is 7.90. The van der Waals surface area contributed by atoms with Crippen LogP contribution in [0.4, 0.5) is 10.5 Å². The van der Waals surface area contributed by atoms with E-state index >= 15 is 0 Å². The first-order valence-corrected chi connectivity index (χ1v) is 9.59. The zero-order valence-corrected chi connectivity index (χ0v) is 17.4. The summed E-state index contributed by atoms with van der Waals surface area (Å²) >= 11 is 6.00. The Labute approximate surface area is 170 Å². The van der Waals surface area contributed by atoms with E-state index in [9.17, 15) is 9.59 Å². The minimum atomic E-state index is -0.670. The highest BCUT2D eigenvalue weighted by Crippen LogP contribution is 2.24. The molecule has 0 aliphatic carbocycles. The molecule has 0 saturated carbocycles. The highest BCUT2D eigenvalue weighted by Gasteiger charge is 2.20. The lowest BCUT2D eigenvalue weighted by Crippen LogP contribution is -2.46. The number of rotatable bonds is 7. The maximum absolute atomic E-state index is 12.1. The van der Waals surface area contributed by atoms with Crippen LogP contribution in [0, 0.1) is 0 Å². The van der Waals surface area contributed by atoms with Gasteiger partial charge in [0, 0.05) is 35.4 Å². The Morgan fingerprint density at radius 2 is 1.96 bits per heavy atom. The number of ether oxygens (including phenoxy) is 1. The van der Waals surface area contributed by atoms with Crippen LogP contribution in [0.15, 0.2) is 30.5 Å². The van der Waals surface area contributed by atoms with E-state index in [2.05, 4.69) is 20.9 Å². The Morgan fingerprint density at radius 1 is 1.21 bits per heavy atom. The van der Waals surface area contributed by atoms with Crippen LogP contribution >= 0.6 is 11.6 Å². The number of pyridine rings is 1. The average molecular weight is 407 g/mol. The number of nitrogens with one attached hydrogen (secondary N) is 3. The quantitative estimate of drug-likeness (QED) is 0.609. The predicted octanol–water partition coefficient (Wildman–Crippen LogP) is 3.72. The van der Waals surface area contributed by atoms with Crippen LogP contribution < -0.4 is 16.0 Å². The van der Waals surface area contributed by atoms with E-state index in [4.69, 9.17) is 16.3 Å². The molecule has 2 amide bonds. The van der Waals surface area contributed by atoms with Gasteiger partial charge in [0.1, 0.15) is 11.6 Å². The van der Waals surface area contributed by atoms with E-state index < -0.39 is 17.7 Å². The molecule has 1 aromatic heterocycles. The van der Waals surface area contributed by atoms with Crippen LogP contribution in [0.2, 0.25) is 5.02 Å². The third kappa shape index (κ3) is 6.88. The van der Waals surface area contributed by atoms with Gasteiger partial charge in [-0.3, -0.25) is 9.78 Å². The summed E-state index contributed by atoms with van der Waals surface area (Å²) in [7, 11) is 0. The fraction of sp³-hybridized carbons (Fsp3) is 0.450. The Hall–Kier alpha value is -2.54. The second kappa shape index (κ2) is 9.59. The number of carbonyl (C=O) groups is 2. The van der Waals surface area contributed by atoms with Crippen molar-refractivity contribution < 1.29 is 14.3 Å². The number of anilines is 1. The van der Waals surface area contributed by atoms with Crippen molar-refractivity contribution in [1.82, 2.24) is 15.6 Å². The number of nitrogens with zero attached hydrogens (tertiary/aromatic N) is 1. The minimum Gasteiger partial charge on any atom is -0.444 e. The van der Waals surface area contributed by atoms with Crippen LogP contribution in [0.5, 0.6) is 0 Å². The number of hydrogen-bond donors (Lipinski definition) is 3. The lowest BCUT2D eigenvalue weighted by Gasteiger charge is -2.21. The molecule has 0 saturated heterocycles. The molecule has 0 aliphatic heterocycles. The standard InChI is InChI=1S/C20H27ClN4O3/c1-13(25-19(27)28-20(2,3)4)18(26)24-10-5-9-22-16-8-11-23-17-12-14(21)6-7-15(16)17/h6-8,11-13H,5,9-10H2,1-4H3,(H,22,23)(H,24,26)(H,25,27)/t13-/m0/s1. The zero-order chi connectivity index (χ0) is 20.7. The number of fused-ring (bicyclic) bond motifs is 1. The highest BCUT2D eigenvalue weighted by molar-refractivity contribution is 6.31. The van der Waals surface area contributed by atoms with Crippen molar-refractivity contribution in [2.24, 2.45) is 0 Å². The van der Waals surface area contributed by atoms with Crippen molar-refractivity contribution >= 4 is 40.2 Å². The lowest BCUT2D eigenvalue weighted by molar-refractivity contribution is -0.122. The number of amides is 2. The minimum absolute atomic E-state index is 0.255. The first kappa shape index (κ1) is 21.8. The number of benzene rings is 1. The Bertz CT molecular complexity index is 836. The molecule has 0 radical (unpaired) electrons. The first-order chi connectivity index (χ1) is 13.2. The van der Waals surface area contributed by atoms with Gasteiger partial charge in [0.2, 0.25) is 5.91 Å². The molecule has 152 valence electrons. The Kier molecular flexibility index (Phi) is 7.45. The maximum Gasteiger partial charge on any atom is 0.408 e. The Balaban J connectivity index is 1.73. The van der Waals surface area contributed by atoms with Crippen molar-refractivity contribution in [3.63, 3.8) is 0 Å². The molecule has 1 aromatic carbocycles. The molecule has 1 heterocycles. The van der Waals surface area contributed by atoms with Crippen LogP contribution in [0.25, 0.3) is 10.9 Å². The fourth-order valence-electron chi connectivity index (χ4n) is 2.50. The molecule has 2 aromatic rings. The number of alkyl carbamates (subject to hydrolysis) is 1. The van der Waals surface area contributed by atoms with Crippen molar-refractivity contribution in [2.45, 2.75) is 45.8 Å². The molecule has 8 heteroatoms. The zero-order valence-electron chi connectivity index (χ0n) is 16.6. The normalized spacial score (nSPS) is 12.3. The van der Waals surface area contributed by atoms with Gasteiger partial charge in [-0.1, -0.05) is 11.6 Å². The average Bonchev–Trinajstić information content (AvgIpc) is 2.59. The summed E-state index contributed by atoms with van der Waals surface area (Å²) in [5.74, 6) is -0.255. The fourth-order valence-corrected chi connectivity index (χ4v) is 2.67. The van der Waals surface area contributed by atoms with Gasteiger partial charge in [0.25, 0.3) is 0 Å². The molecular weight excluding hydrogens is 380 g/mol. The van der Waals surface area contributed by atoms with E-state index in [0.29, 0.717) is 18.1 Å². The van der Waals surface area contributed by atoms with Crippen molar-refractivity contribution in [3.05, 3.63) is 35.5 Å². The van der Waals surface area contributed by atoms with E-state index in [1.807, 2.05) is 24.3 Å². The van der Waals surface area contributed by atoms with Crippen LogP contribution in [-0.2, 0) is 9.53 Å². The van der Waals surface area contributed by atoms with E-state index in [1.54, 1.807) is 33.9 Å². The van der Waals surface area contributed by atoms with Gasteiger partial charge in [0.05, 0.1) is 5.52 Å². The summed E-state index contributed by atoms with van der Waals surface area (Å²) in [6.07, 6.45) is 1.84. The number of hydrogen-bond acceptors (Lipinski definition) is 5. The van der Waals surface area contributed by atoms with Crippen molar-refractivity contribution in [3.8, 4) is 0 Å². The molecular formula is C20H27ClN4O3. The van der Waals surface area contributed by atoms with E-state index in [-0.39, 0.29) is 5.91 Å². The smallest absolute Gasteiger partial charge is 0.408 e. The molecule has 0 fully saturated rings. The summed E-state index contributed by atoms with van der Waals surface area (Å²) in [4.78, 5) is 28.1. The van der Waals surface area contributed by atoms with Crippen LogP contribution in [-0.4, -0.2) is 41.7 Å². The molecule has 0 unspecified atom stereocenters. The van der Waals surface area contributed by atoms with Gasteiger partial charge in [-0.25, -0.2) is 4.79 Å². The summed E-state index contributed by atoms with van der Waals surface area (Å²) in [5.41, 5.74) is 1.19. The topological polar surface area (TPSA) is 92.3 Å². The van der Waals surface area contributed by atoms with Gasteiger partial charge < -0.3 is 20.7 Å². The SMILES string of the molecule is C[C@H](NC(=O)OC(C)(C)C)C(=O)NCCCNc1ccnc2cc(Cl)ccc12. The number of halogens is 1. The summed E-state index contributed by atoms with van der Waals surface area (Å²) in [5, 5.41) is 10.3. The highest BCUT2D eigenvalue weighted by atomic mass is 35.5. The van der Waals surface area contributed by atoms with Crippen LogP contribution in [0.3, 0.4) is 0 Å². The van der Waals surface area contributed by atoms with E-state index in [0.717, 1.165) is 23.0 Å². The molecule has 0 spiro atoms. The molecule has 3 N–H and O–H groups in total. The number of carbonyl (C=O) groups excluding carboxylic acids is 2. The second-order valence-electron chi connectivity index (χ2n) is 7.46. The first-order valence-electron chi connectivity index (χ1n) is 9.21. The maximum atomic E-state index is 12.1. The Morgan fingerprint density at radius 3 is 2.68 bits per heavy atom. The molecule has 2 rings (SSSR count). The van der Waals surface area contributed by atoms with E-state index in [1.165, 1.54) is 0 Å². The van der Waals surface area contributed by atoms with Gasteiger partial charge in [-0.05, 0) is 58.4 Å². The largest absolute Gasteiger partial charge is 0.444 e. The van der Waals surface area contributed by atoms with Gasteiger partial charge >= 0.3 is 6.09 Å². The number of aromatic nitrogens is 1. The summed E-state index contributed by atoms with van der Waals surface area (Å²) < 4.78 is 5.14. The predicted molar refractivity (Wildman–Crippen MR) is 112 cm³/mol. The molecule has 7 nitrogen and oxygen atoms in total. The molecule has 0 aliphatic rings. The third-order valence-electron chi connectivity index (χ3n) is 3.80. The molecule has 28 heavy (non-hydrogen) atoms.